The Labute approximate surface area is 242 Å². The number of rotatable bonds is 13. The Morgan fingerprint density at radius 2 is 1.95 bits per heavy atom. The van der Waals surface area contributed by atoms with Gasteiger partial charge in [0, 0.05) is 38.3 Å². The quantitative estimate of drug-likeness (QED) is 0.172. The zero-order chi connectivity index (χ0) is 30.4. The van der Waals surface area contributed by atoms with Crippen molar-refractivity contribution in [3.63, 3.8) is 0 Å². The highest BCUT2D eigenvalue weighted by Gasteiger charge is 2.30. The van der Waals surface area contributed by atoms with Gasteiger partial charge in [0.1, 0.15) is 25.0 Å². The van der Waals surface area contributed by atoms with Crippen LogP contribution in [0.25, 0.3) is 16.9 Å². The Hall–Kier alpha value is -4.02. The average molecular weight is 606 g/mol. The highest BCUT2D eigenvalue weighted by atomic mass is 32.2. The molecule has 1 aliphatic rings. The van der Waals surface area contributed by atoms with Crippen LogP contribution in [0.2, 0.25) is 0 Å². The van der Waals surface area contributed by atoms with Gasteiger partial charge in [0.05, 0.1) is 29.0 Å². The van der Waals surface area contributed by atoms with Crippen molar-refractivity contribution in [1.29, 1.82) is 0 Å². The first-order chi connectivity index (χ1) is 20.1. The Balaban J connectivity index is 1.72. The minimum Gasteiger partial charge on any atom is -0.493 e. The maximum absolute atomic E-state index is 13.6. The van der Waals surface area contributed by atoms with Crippen molar-refractivity contribution >= 4 is 21.8 Å². The first-order valence-corrected chi connectivity index (χ1v) is 15.0. The van der Waals surface area contributed by atoms with Crippen LogP contribution >= 0.6 is 0 Å². The van der Waals surface area contributed by atoms with E-state index in [9.17, 15) is 23.3 Å². The van der Waals surface area contributed by atoms with E-state index >= 15 is 0 Å². The van der Waals surface area contributed by atoms with Crippen molar-refractivity contribution in [2.24, 2.45) is 5.16 Å². The summed E-state index contributed by atoms with van der Waals surface area (Å²) in [6.07, 6.45) is 2.96. The second kappa shape index (κ2) is 13.3. The van der Waals surface area contributed by atoms with Crippen LogP contribution in [0.5, 0.6) is 5.75 Å². The molecule has 1 saturated heterocycles. The molecule has 3 aromatic rings. The van der Waals surface area contributed by atoms with Crippen molar-refractivity contribution in [3.8, 4) is 17.1 Å². The zero-order valence-electron chi connectivity index (χ0n) is 24.0. The summed E-state index contributed by atoms with van der Waals surface area (Å²) in [4.78, 5) is 37.7. The number of piperazine rings is 1. The van der Waals surface area contributed by atoms with E-state index in [2.05, 4.69) is 15.0 Å². The maximum Gasteiger partial charge on any atom is 0.294 e. The van der Waals surface area contributed by atoms with Crippen LogP contribution in [0, 0.1) is 17.0 Å². The minimum atomic E-state index is -3.91. The van der Waals surface area contributed by atoms with Crippen molar-refractivity contribution in [3.05, 3.63) is 55.5 Å². The molecule has 0 amide bonds. The maximum atomic E-state index is 13.6. The van der Waals surface area contributed by atoms with Crippen LogP contribution in [0.4, 0.5) is 0 Å². The summed E-state index contributed by atoms with van der Waals surface area (Å²) < 4.78 is 36.0. The molecule has 1 fully saturated rings. The number of oxime groups is 1. The van der Waals surface area contributed by atoms with Gasteiger partial charge < -0.3 is 19.4 Å². The summed E-state index contributed by atoms with van der Waals surface area (Å²) in [5.74, 6) is 0.530. The third kappa shape index (κ3) is 6.39. The van der Waals surface area contributed by atoms with E-state index in [4.69, 9.17) is 14.7 Å². The SMILES string of the molecule is CCCc1c(/C=N/OC)c(C)c2c(=O)[nH]c(-c3cc(S(=O)(=O)N4CCN(CCO[N+](=O)[O-])CC4)ccc3OCC)nn12. The number of nitrogens with zero attached hydrogens (tertiary/aromatic N) is 6. The average Bonchev–Trinajstić information content (AvgIpc) is 3.23. The molecule has 228 valence electrons. The molecule has 16 heteroatoms. The van der Waals surface area contributed by atoms with E-state index in [0.717, 1.165) is 17.7 Å². The molecule has 0 aliphatic carbocycles. The fourth-order valence-corrected chi connectivity index (χ4v) is 6.47. The molecule has 0 bridgehead atoms. The summed E-state index contributed by atoms with van der Waals surface area (Å²) in [5, 5.41) is 18.2. The first kappa shape index (κ1) is 30.9. The summed E-state index contributed by atoms with van der Waals surface area (Å²) >= 11 is 0. The highest BCUT2D eigenvalue weighted by Crippen LogP contribution is 2.32. The predicted octanol–water partition coefficient (Wildman–Crippen LogP) is 1.84. The van der Waals surface area contributed by atoms with Crippen LogP contribution in [0.1, 0.15) is 37.1 Å². The Morgan fingerprint density at radius 3 is 2.60 bits per heavy atom. The fraction of sp³-hybridized carbons (Fsp3) is 0.500. The minimum absolute atomic E-state index is 0.0271. The predicted molar refractivity (Wildman–Crippen MR) is 154 cm³/mol. The third-order valence-electron chi connectivity index (χ3n) is 7.04. The molecule has 2 aromatic heterocycles. The lowest BCUT2D eigenvalue weighted by Crippen LogP contribution is -2.49. The molecule has 15 nitrogen and oxygen atoms in total. The summed E-state index contributed by atoms with van der Waals surface area (Å²) in [7, 11) is -2.47. The molecule has 0 spiro atoms. The van der Waals surface area contributed by atoms with Gasteiger partial charge in [-0.1, -0.05) is 18.5 Å². The van der Waals surface area contributed by atoms with E-state index in [1.807, 2.05) is 18.7 Å². The molecule has 1 aliphatic heterocycles. The van der Waals surface area contributed by atoms with Crippen LogP contribution in [0.15, 0.2) is 33.0 Å². The van der Waals surface area contributed by atoms with Gasteiger partial charge in [0.15, 0.2) is 5.82 Å². The summed E-state index contributed by atoms with van der Waals surface area (Å²) in [6.45, 7) is 7.40. The lowest BCUT2D eigenvalue weighted by molar-refractivity contribution is -0.757. The fourth-order valence-electron chi connectivity index (χ4n) is 5.02. The number of hydrogen-bond donors (Lipinski definition) is 1. The number of fused-ring (bicyclic) bond motifs is 1. The Kier molecular flexibility index (Phi) is 9.80. The van der Waals surface area contributed by atoms with E-state index < -0.39 is 15.1 Å². The number of nitrogens with one attached hydrogen (secondary N) is 1. The van der Waals surface area contributed by atoms with Crippen molar-refractivity contribution in [2.45, 2.75) is 38.5 Å². The van der Waals surface area contributed by atoms with Gasteiger partial charge in [-0.25, -0.2) is 12.9 Å². The number of aromatic nitrogens is 3. The van der Waals surface area contributed by atoms with E-state index in [0.29, 0.717) is 55.1 Å². The van der Waals surface area contributed by atoms with Gasteiger partial charge in [-0.15, -0.1) is 15.2 Å². The van der Waals surface area contributed by atoms with Gasteiger partial charge in [-0.3, -0.25) is 9.69 Å². The van der Waals surface area contributed by atoms with Crippen LogP contribution in [-0.4, -0.2) is 96.6 Å². The zero-order valence-corrected chi connectivity index (χ0v) is 24.8. The lowest BCUT2D eigenvalue weighted by atomic mass is 10.1. The molecular formula is C26H35N7O8S. The lowest BCUT2D eigenvalue weighted by Gasteiger charge is -2.33. The van der Waals surface area contributed by atoms with E-state index in [1.165, 1.54) is 23.5 Å². The number of hydrogen-bond acceptors (Lipinski definition) is 11. The van der Waals surface area contributed by atoms with Crippen molar-refractivity contribution in [2.75, 3.05) is 53.0 Å². The Bertz CT molecular complexity index is 1630. The summed E-state index contributed by atoms with van der Waals surface area (Å²) in [6, 6.07) is 4.50. The number of aryl methyl sites for hydroxylation is 2. The topological polar surface area (TPSA) is 174 Å². The molecule has 42 heavy (non-hydrogen) atoms. The number of sulfonamides is 1. The van der Waals surface area contributed by atoms with Crippen molar-refractivity contribution in [1.82, 2.24) is 23.8 Å². The van der Waals surface area contributed by atoms with Gasteiger partial charge in [-0.05, 0) is 44.0 Å². The molecule has 1 N–H and O–H groups in total. The van der Waals surface area contributed by atoms with Gasteiger partial charge in [0.2, 0.25) is 10.0 Å². The third-order valence-corrected chi connectivity index (χ3v) is 8.93. The largest absolute Gasteiger partial charge is 0.493 e. The number of ether oxygens (including phenoxy) is 1. The molecule has 0 saturated carbocycles. The smallest absolute Gasteiger partial charge is 0.294 e. The van der Waals surface area contributed by atoms with Crippen LogP contribution in [-0.2, 0) is 26.1 Å². The van der Waals surface area contributed by atoms with E-state index in [-0.39, 0.29) is 36.0 Å². The second-order valence-electron chi connectivity index (χ2n) is 9.61. The van der Waals surface area contributed by atoms with Gasteiger partial charge in [-0.2, -0.15) is 4.31 Å². The molecule has 0 atom stereocenters. The standard InChI is InChI=1S/C26H35N7O8S/c1-5-7-22-21(17-27-39-4)18(3)24-26(34)28-25(29-32(22)24)20-16-19(8-9-23(20)40-6-2)42(37,38)31-12-10-30(11-13-31)14-15-41-33(35)36/h8-9,16-17H,5-7,10-15H2,1-4H3,(H,28,29,34)/b27-17+. The molecule has 3 heterocycles. The van der Waals surface area contributed by atoms with Gasteiger partial charge in [0.25, 0.3) is 10.6 Å². The Morgan fingerprint density at radius 1 is 1.21 bits per heavy atom. The van der Waals surface area contributed by atoms with Gasteiger partial charge >= 0.3 is 0 Å². The van der Waals surface area contributed by atoms with Crippen LogP contribution < -0.4 is 10.3 Å². The van der Waals surface area contributed by atoms with Crippen molar-refractivity contribution < 1.29 is 27.9 Å². The molecule has 1 aromatic carbocycles. The number of benzene rings is 1. The van der Waals surface area contributed by atoms with E-state index in [1.54, 1.807) is 23.7 Å². The number of H-pyrrole nitrogens is 1. The molecule has 4 rings (SSSR count). The first-order valence-electron chi connectivity index (χ1n) is 13.6. The second-order valence-corrected chi connectivity index (χ2v) is 11.5. The highest BCUT2D eigenvalue weighted by molar-refractivity contribution is 7.89. The molecular weight excluding hydrogens is 570 g/mol. The normalized spacial score (nSPS) is 15.0. The monoisotopic (exact) mass is 605 g/mol. The molecule has 0 radical (unpaired) electrons. The summed E-state index contributed by atoms with van der Waals surface area (Å²) in [5.41, 5.74) is 2.52. The van der Waals surface area contributed by atoms with Crippen LogP contribution in [0.3, 0.4) is 0 Å². The molecule has 0 unspecified atom stereocenters. The number of aromatic amines is 1.